The van der Waals surface area contributed by atoms with E-state index in [1.54, 1.807) is 0 Å². The minimum atomic E-state index is -0.368. The maximum absolute atomic E-state index is 6.36. The van der Waals surface area contributed by atoms with Crippen LogP contribution in [0.5, 0.6) is 0 Å². The molecular formula is C21H25B2NO2. The van der Waals surface area contributed by atoms with E-state index in [0.717, 1.165) is 11.1 Å². The summed E-state index contributed by atoms with van der Waals surface area (Å²) in [7, 11) is -0.368. The summed E-state index contributed by atoms with van der Waals surface area (Å²) in [6, 6.07) is 17.0. The number of fused-ring (bicyclic) bond motifs is 1. The molecule has 0 amide bonds. The summed E-state index contributed by atoms with van der Waals surface area (Å²) >= 11 is 0. The topological polar surface area (TPSA) is 30.5 Å². The Balaban J connectivity index is 1.77. The molecule has 2 aliphatic rings. The molecule has 0 atom stereocenters. The fraction of sp³-hybridized carbons (Fsp3) is 0.333. The van der Waals surface area contributed by atoms with Crippen LogP contribution < -0.4 is 10.7 Å². The lowest BCUT2D eigenvalue weighted by molar-refractivity contribution is 0.00578. The Morgan fingerprint density at radius 2 is 1.46 bits per heavy atom. The van der Waals surface area contributed by atoms with E-state index in [1.807, 2.05) is 0 Å². The van der Waals surface area contributed by atoms with Gasteiger partial charge in [-0.25, -0.2) is 0 Å². The molecule has 0 aromatic heterocycles. The third kappa shape index (κ3) is 2.89. The Kier molecular flexibility index (Phi) is 4.05. The van der Waals surface area contributed by atoms with Crippen LogP contribution in [0, 0.1) is 6.92 Å². The molecule has 2 aromatic carbocycles. The van der Waals surface area contributed by atoms with Crippen molar-refractivity contribution in [2.75, 3.05) is 5.23 Å². The molecule has 0 saturated carbocycles. The third-order valence-corrected chi connectivity index (χ3v) is 5.85. The van der Waals surface area contributed by atoms with Crippen molar-refractivity contribution >= 4 is 31.2 Å². The van der Waals surface area contributed by atoms with Gasteiger partial charge in [-0.05, 0) is 51.6 Å². The van der Waals surface area contributed by atoms with Gasteiger partial charge in [0.1, 0.15) is 0 Å². The van der Waals surface area contributed by atoms with E-state index in [-0.39, 0.29) is 25.2 Å². The molecule has 1 saturated heterocycles. The number of para-hydroxylation sites is 1. The van der Waals surface area contributed by atoms with Gasteiger partial charge in [0.2, 0.25) is 0 Å². The van der Waals surface area contributed by atoms with Crippen LogP contribution in [-0.4, -0.2) is 25.2 Å². The van der Waals surface area contributed by atoms with Gasteiger partial charge in [-0.3, -0.25) is 0 Å². The van der Waals surface area contributed by atoms with Gasteiger partial charge >= 0.3 is 14.0 Å². The second-order valence-corrected chi connectivity index (χ2v) is 8.31. The molecule has 2 aromatic rings. The lowest BCUT2D eigenvalue weighted by Crippen LogP contribution is -2.48. The van der Waals surface area contributed by atoms with Crippen LogP contribution in [-0.2, 0) is 9.31 Å². The molecule has 132 valence electrons. The molecule has 1 fully saturated rings. The van der Waals surface area contributed by atoms with E-state index < -0.39 is 0 Å². The van der Waals surface area contributed by atoms with Gasteiger partial charge in [-0.1, -0.05) is 59.6 Å². The van der Waals surface area contributed by atoms with Crippen molar-refractivity contribution in [3.05, 3.63) is 65.0 Å². The zero-order valence-electron chi connectivity index (χ0n) is 16.2. The van der Waals surface area contributed by atoms with Crippen molar-refractivity contribution in [1.29, 1.82) is 0 Å². The van der Waals surface area contributed by atoms with E-state index in [2.05, 4.69) is 94.5 Å². The fourth-order valence-electron chi connectivity index (χ4n) is 3.47. The second-order valence-electron chi connectivity index (χ2n) is 8.31. The molecule has 2 heterocycles. The molecule has 2 aliphatic heterocycles. The monoisotopic (exact) mass is 345 g/mol. The summed E-state index contributed by atoms with van der Waals surface area (Å²) in [5.41, 5.74) is 4.07. The highest BCUT2D eigenvalue weighted by molar-refractivity contribution is 6.95. The van der Waals surface area contributed by atoms with Gasteiger partial charge in [-0.2, -0.15) is 0 Å². The van der Waals surface area contributed by atoms with Crippen LogP contribution in [0.25, 0.3) is 6.08 Å². The highest BCUT2D eigenvalue weighted by Crippen LogP contribution is 2.40. The van der Waals surface area contributed by atoms with E-state index in [4.69, 9.17) is 9.31 Å². The van der Waals surface area contributed by atoms with Crippen molar-refractivity contribution in [3.63, 3.8) is 0 Å². The lowest BCUT2D eigenvalue weighted by Gasteiger charge is -2.32. The highest BCUT2D eigenvalue weighted by atomic mass is 16.7. The number of anilines is 1. The van der Waals surface area contributed by atoms with Gasteiger partial charge in [0, 0.05) is 5.69 Å². The molecule has 0 aliphatic carbocycles. The first-order valence-electron chi connectivity index (χ1n) is 9.26. The van der Waals surface area contributed by atoms with E-state index in [1.165, 1.54) is 16.6 Å². The Labute approximate surface area is 157 Å². The van der Waals surface area contributed by atoms with E-state index in [9.17, 15) is 0 Å². The van der Waals surface area contributed by atoms with Crippen LogP contribution in [0.3, 0.4) is 0 Å². The fourth-order valence-corrected chi connectivity index (χ4v) is 3.47. The average Bonchev–Trinajstić information content (AvgIpc) is 2.82. The summed E-state index contributed by atoms with van der Waals surface area (Å²) in [4.78, 5) is 0. The Bertz CT molecular complexity index is 843. The maximum atomic E-state index is 6.36. The quantitative estimate of drug-likeness (QED) is 0.839. The molecule has 0 bridgehead atoms. The molecule has 4 rings (SSSR count). The predicted octanol–water partition coefficient (Wildman–Crippen LogP) is 3.87. The van der Waals surface area contributed by atoms with Crippen molar-refractivity contribution in [2.45, 2.75) is 45.8 Å². The summed E-state index contributed by atoms with van der Waals surface area (Å²) in [5.74, 6) is 0. The number of hydrogen-bond acceptors (Lipinski definition) is 3. The first kappa shape index (κ1) is 17.4. The molecule has 5 heteroatoms. The minimum Gasteiger partial charge on any atom is -0.420 e. The SMILES string of the molecule is Cc1ccc(B2Nc3ccccc3C=C2B2OC(C)(C)C(C)(C)O2)cc1. The average molecular weight is 345 g/mol. The molecule has 0 radical (unpaired) electrons. The van der Waals surface area contributed by atoms with Crippen LogP contribution in [0.4, 0.5) is 5.69 Å². The first-order chi connectivity index (χ1) is 12.3. The summed E-state index contributed by atoms with van der Waals surface area (Å²) in [5, 5.41) is 4.80. The van der Waals surface area contributed by atoms with Crippen LogP contribution in [0.2, 0.25) is 0 Å². The first-order valence-corrected chi connectivity index (χ1v) is 9.26. The number of aryl methyl sites for hydroxylation is 1. The largest absolute Gasteiger partial charge is 0.483 e. The summed E-state index contributed by atoms with van der Waals surface area (Å²) in [6.45, 7) is 10.5. The zero-order chi connectivity index (χ0) is 18.5. The van der Waals surface area contributed by atoms with Gasteiger partial charge in [-0.15, -0.1) is 0 Å². The number of nitrogens with one attached hydrogen (secondary N) is 1. The molecule has 1 N–H and O–H groups in total. The highest BCUT2D eigenvalue weighted by Gasteiger charge is 2.54. The van der Waals surface area contributed by atoms with Crippen LogP contribution >= 0.6 is 0 Å². The third-order valence-electron chi connectivity index (χ3n) is 5.85. The number of rotatable bonds is 2. The Morgan fingerprint density at radius 3 is 2.12 bits per heavy atom. The van der Waals surface area contributed by atoms with Gasteiger partial charge in [0.15, 0.2) is 0 Å². The normalized spacial score (nSPS) is 20.4. The predicted molar refractivity (Wildman–Crippen MR) is 111 cm³/mol. The summed E-state index contributed by atoms with van der Waals surface area (Å²) < 4.78 is 12.7. The second kappa shape index (κ2) is 6.04. The molecule has 0 spiro atoms. The molecular weight excluding hydrogens is 320 g/mol. The minimum absolute atomic E-state index is 0.0280. The van der Waals surface area contributed by atoms with Gasteiger partial charge in [0.05, 0.1) is 11.2 Å². The van der Waals surface area contributed by atoms with Crippen LogP contribution in [0.15, 0.2) is 53.9 Å². The molecule has 0 unspecified atom stereocenters. The van der Waals surface area contributed by atoms with Gasteiger partial charge < -0.3 is 14.5 Å². The summed E-state index contributed by atoms with van der Waals surface area (Å²) in [6.07, 6.45) is 2.22. The standard InChI is InChI=1S/C21H25B2NO2/c1-15-10-12-17(13-11-15)22-19(14-16-8-6-7-9-18(16)24-22)23-25-20(2,3)21(4,5)26-23/h6-14,24H,1-5H3. The maximum Gasteiger partial charge on any atom is 0.483 e. The smallest absolute Gasteiger partial charge is 0.420 e. The van der Waals surface area contributed by atoms with E-state index in [0.29, 0.717) is 0 Å². The molecule has 26 heavy (non-hydrogen) atoms. The van der Waals surface area contributed by atoms with Crippen LogP contribution in [0.1, 0.15) is 38.8 Å². The van der Waals surface area contributed by atoms with Crippen molar-refractivity contribution < 1.29 is 9.31 Å². The van der Waals surface area contributed by atoms with Crippen molar-refractivity contribution in [3.8, 4) is 0 Å². The van der Waals surface area contributed by atoms with Gasteiger partial charge in [0.25, 0.3) is 0 Å². The Morgan fingerprint density at radius 1 is 0.846 bits per heavy atom. The Hall–Kier alpha value is -1.97. The lowest BCUT2D eigenvalue weighted by atomic mass is 9.39. The van der Waals surface area contributed by atoms with Crippen molar-refractivity contribution in [2.24, 2.45) is 0 Å². The molecule has 3 nitrogen and oxygen atoms in total. The zero-order valence-corrected chi connectivity index (χ0v) is 16.2. The van der Waals surface area contributed by atoms with Crippen molar-refractivity contribution in [1.82, 2.24) is 0 Å². The van der Waals surface area contributed by atoms with E-state index >= 15 is 0 Å². The number of hydrogen-bond donors (Lipinski definition) is 1. The number of benzene rings is 2.